The van der Waals surface area contributed by atoms with Gasteiger partial charge in [0.15, 0.2) is 0 Å². The van der Waals surface area contributed by atoms with Gasteiger partial charge in [-0.3, -0.25) is 0 Å². The molecule has 12 rings (SSSR count). The number of rotatable bonds is 8. The van der Waals surface area contributed by atoms with Crippen LogP contribution in [-0.2, 0) is 0 Å². The molecule has 3 aliphatic heterocycles. The lowest BCUT2D eigenvalue weighted by molar-refractivity contribution is 0.487. The number of para-hydroxylation sites is 8. The second-order valence-corrected chi connectivity index (χ2v) is 19.8. The van der Waals surface area contributed by atoms with Gasteiger partial charge >= 0.3 is 0 Å². The summed E-state index contributed by atoms with van der Waals surface area (Å²) >= 11 is 0. The van der Waals surface area contributed by atoms with Gasteiger partial charge in [0.1, 0.15) is 11.5 Å². The third kappa shape index (κ3) is 7.05. The van der Waals surface area contributed by atoms with E-state index >= 15 is 0 Å². The summed E-state index contributed by atoms with van der Waals surface area (Å²) in [4.78, 5) is 7.28. The highest BCUT2D eigenvalue weighted by molar-refractivity contribution is 6.97. The Morgan fingerprint density at radius 1 is 0.377 bits per heavy atom. The molecule has 3 heterocycles. The summed E-state index contributed by atoms with van der Waals surface area (Å²) < 4.78 is 7.17. The first-order valence-electron chi connectivity index (χ1n) is 24.7. The van der Waals surface area contributed by atoms with Crippen LogP contribution in [-0.4, -0.2) is 6.71 Å². The number of hydrogen-bond donors (Lipinski definition) is 0. The minimum Gasteiger partial charge on any atom is -0.458 e. The first-order valence-corrected chi connectivity index (χ1v) is 24.7. The van der Waals surface area contributed by atoms with E-state index in [-0.39, 0.29) is 12.6 Å². The van der Waals surface area contributed by atoms with E-state index in [2.05, 4.69) is 262 Å². The van der Waals surface area contributed by atoms with Crippen molar-refractivity contribution < 1.29 is 4.74 Å². The molecule has 0 radical (unpaired) electrons. The Kier molecular flexibility index (Phi) is 10.5. The Hall–Kier alpha value is -7.76. The van der Waals surface area contributed by atoms with Crippen LogP contribution in [0, 0.1) is 0 Å². The van der Waals surface area contributed by atoms with Crippen LogP contribution < -0.4 is 35.8 Å². The van der Waals surface area contributed by atoms with Gasteiger partial charge in [0.2, 0.25) is 0 Å². The maximum absolute atomic E-state index is 7.17. The molecule has 0 aromatic heterocycles. The minimum atomic E-state index is -0.106. The second kappa shape index (κ2) is 17.1. The van der Waals surface area contributed by atoms with Crippen LogP contribution >= 0.6 is 0 Å². The van der Waals surface area contributed by atoms with E-state index in [1.54, 1.807) is 0 Å². The van der Waals surface area contributed by atoms with E-state index in [4.69, 9.17) is 4.74 Å². The fourth-order valence-corrected chi connectivity index (χ4v) is 11.5. The summed E-state index contributed by atoms with van der Waals surface area (Å²) in [6, 6.07) is 76.1. The Morgan fingerprint density at radius 2 is 0.783 bits per heavy atom. The van der Waals surface area contributed by atoms with Crippen LogP contribution in [0.5, 0.6) is 11.5 Å². The number of hydrogen-bond acceptors (Lipinski definition) is 4. The topological polar surface area (TPSA) is 19.0 Å². The van der Waals surface area contributed by atoms with Crippen molar-refractivity contribution >= 4 is 74.3 Å². The summed E-state index contributed by atoms with van der Waals surface area (Å²) in [5.41, 5.74) is 22.1. The molecule has 0 N–H and O–H groups in total. The molecule has 69 heavy (non-hydrogen) atoms. The molecule has 0 aliphatic carbocycles. The summed E-state index contributed by atoms with van der Waals surface area (Å²) in [6.45, 7) is 14.0. The van der Waals surface area contributed by atoms with Crippen molar-refractivity contribution in [1.29, 1.82) is 0 Å². The highest BCUT2D eigenvalue weighted by Crippen LogP contribution is 2.55. The summed E-state index contributed by atoms with van der Waals surface area (Å²) in [7, 11) is 0. The number of fused-ring (bicyclic) bond motifs is 6. The SMILES string of the molecule is CC(C)c1cc(C(C)C)c(B2c3cc(C4c5ccccc5N(c5ccccc5)c5ccccc54)ccc3Oc3ccc(N4c5ccccc5N(c5ccccc5)c5ccccc54)cc32)c(C(C)C)c1. The maximum atomic E-state index is 7.17. The van der Waals surface area contributed by atoms with E-state index in [1.165, 1.54) is 61.1 Å². The molecule has 0 saturated carbocycles. The molecule has 0 spiro atoms. The number of anilines is 9. The van der Waals surface area contributed by atoms with Crippen LogP contribution in [0.25, 0.3) is 0 Å². The largest absolute Gasteiger partial charge is 0.458 e. The summed E-state index contributed by atoms with van der Waals surface area (Å²) in [5, 5.41) is 0. The standard InChI is InChI=1S/C64H56BN3O/c1-41(2)45-37-51(42(3)4)64(52(38-45)43(5)6)65-53-39-44(63-49-25-13-15-27-55(49)66(46-21-9-7-10-22-46)56-28-16-14-26-50(56)63)33-35-61(53)69-62-36-34-48(40-54(62)65)68-59-31-19-17-29-57(59)67(47-23-11-8-12-24-47)58-30-18-20-32-60(58)68/h7-43,63H,1-6H3. The first-order chi connectivity index (χ1) is 33.7. The molecule has 0 unspecified atom stereocenters. The molecular weight excluding hydrogens is 838 g/mol. The number of benzene rings is 9. The van der Waals surface area contributed by atoms with Crippen molar-refractivity contribution in [1.82, 2.24) is 0 Å². The zero-order chi connectivity index (χ0) is 46.9. The molecule has 0 fully saturated rings. The monoisotopic (exact) mass is 893 g/mol. The van der Waals surface area contributed by atoms with Crippen LogP contribution in [0.2, 0.25) is 0 Å². The summed E-state index contributed by atoms with van der Waals surface area (Å²) in [5.74, 6) is 2.81. The molecule has 4 nitrogen and oxygen atoms in total. The number of nitrogens with zero attached hydrogens (tertiary/aromatic N) is 3. The fourth-order valence-electron chi connectivity index (χ4n) is 11.5. The lowest BCUT2D eigenvalue weighted by Gasteiger charge is -2.41. The highest BCUT2D eigenvalue weighted by Gasteiger charge is 2.40. The van der Waals surface area contributed by atoms with E-state index in [9.17, 15) is 0 Å². The Bertz CT molecular complexity index is 3090. The average Bonchev–Trinajstić information content (AvgIpc) is 3.38. The van der Waals surface area contributed by atoms with Gasteiger partial charge < -0.3 is 19.4 Å². The molecule has 336 valence electrons. The second-order valence-electron chi connectivity index (χ2n) is 19.8. The maximum Gasteiger partial charge on any atom is 0.251 e. The van der Waals surface area contributed by atoms with E-state index in [0.29, 0.717) is 17.8 Å². The normalized spacial score (nSPS) is 13.7. The third-order valence-electron chi connectivity index (χ3n) is 14.7. The quantitative estimate of drug-likeness (QED) is 0.141. The van der Waals surface area contributed by atoms with E-state index in [1.807, 2.05) is 0 Å². The van der Waals surface area contributed by atoms with Gasteiger partial charge in [-0.25, -0.2) is 0 Å². The number of ether oxygens (including phenoxy) is 1. The highest BCUT2D eigenvalue weighted by atomic mass is 16.5. The van der Waals surface area contributed by atoms with Crippen molar-refractivity contribution in [2.24, 2.45) is 0 Å². The van der Waals surface area contributed by atoms with Crippen LogP contribution in [0.1, 0.15) is 98.6 Å². The van der Waals surface area contributed by atoms with Gasteiger partial charge in [-0.05, 0) is 147 Å². The van der Waals surface area contributed by atoms with E-state index in [0.717, 1.165) is 51.3 Å². The Morgan fingerprint density at radius 3 is 1.26 bits per heavy atom. The van der Waals surface area contributed by atoms with Crippen molar-refractivity contribution in [3.05, 3.63) is 240 Å². The molecule has 5 heteroatoms. The molecule has 0 saturated heterocycles. The first kappa shape index (κ1) is 42.6. The van der Waals surface area contributed by atoms with Gasteiger partial charge in [-0.2, -0.15) is 0 Å². The molecular formula is C64H56BN3O. The molecule has 9 aromatic carbocycles. The predicted octanol–water partition coefficient (Wildman–Crippen LogP) is 15.9. The fraction of sp³-hybridized carbons (Fsp3) is 0.156. The molecule has 0 amide bonds. The lowest BCUT2D eigenvalue weighted by Crippen LogP contribution is -2.57. The van der Waals surface area contributed by atoms with Crippen molar-refractivity contribution in [2.45, 2.75) is 65.2 Å². The zero-order valence-electron chi connectivity index (χ0n) is 40.3. The Balaban J connectivity index is 1.09. The smallest absolute Gasteiger partial charge is 0.251 e. The predicted molar refractivity (Wildman–Crippen MR) is 291 cm³/mol. The Labute approximate surface area is 408 Å². The van der Waals surface area contributed by atoms with Crippen LogP contribution in [0.3, 0.4) is 0 Å². The minimum absolute atomic E-state index is 0.00223. The molecule has 3 aliphatic rings. The van der Waals surface area contributed by atoms with Gasteiger partial charge in [-0.15, -0.1) is 0 Å². The summed E-state index contributed by atoms with van der Waals surface area (Å²) in [6.07, 6.45) is 0. The average molecular weight is 894 g/mol. The van der Waals surface area contributed by atoms with Gasteiger partial charge in [0.25, 0.3) is 6.71 Å². The van der Waals surface area contributed by atoms with E-state index < -0.39 is 0 Å². The van der Waals surface area contributed by atoms with Crippen LogP contribution in [0.4, 0.5) is 51.2 Å². The molecule has 0 bridgehead atoms. The van der Waals surface area contributed by atoms with Crippen molar-refractivity contribution in [3.8, 4) is 11.5 Å². The molecule has 0 atom stereocenters. The zero-order valence-corrected chi connectivity index (χ0v) is 40.3. The van der Waals surface area contributed by atoms with Crippen LogP contribution in [0.15, 0.2) is 206 Å². The van der Waals surface area contributed by atoms with Crippen molar-refractivity contribution in [2.75, 3.05) is 14.7 Å². The van der Waals surface area contributed by atoms with Crippen molar-refractivity contribution in [3.63, 3.8) is 0 Å². The van der Waals surface area contributed by atoms with Gasteiger partial charge in [0, 0.05) is 23.0 Å². The third-order valence-corrected chi connectivity index (χ3v) is 14.7. The van der Waals surface area contributed by atoms with Gasteiger partial charge in [-0.1, -0.05) is 168 Å². The lowest BCUT2D eigenvalue weighted by atomic mass is 9.33. The van der Waals surface area contributed by atoms with Gasteiger partial charge in [0.05, 0.1) is 34.1 Å². The molecule has 9 aromatic rings.